The molecule has 1 radical (unpaired) electrons. The van der Waals surface area contributed by atoms with Gasteiger partial charge < -0.3 is 9.47 Å². The van der Waals surface area contributed by atoms with Crippen molar-refractivity contribution < 1.29 is 9.47 Å². The van der Waals surface area contributed by atoms with E-state index in [0.29, 0.717) is 6.61 Å². The fourth-order valence-corrected chi connectivity index (χ4v) is 2.35. The molecule has 3 rings (SSSR count). The van der Waals surface area contributed by atoms with Gasteiger partial charge in [-0.2, -0.15) is 0 Å². The summed E-state index contributed by atoms with van der Waals surface area (Å²) in [6.07, 6.45) is 7.44. The van der Waals surface area contributed by atoms with Crippen LogP contribution in [0, 0.1) is 6.26 Å². The minimum Gasteiger partial charge on any atom is -0.493 e. The molecule has 1 aliphatic rings. The van der Waals surface area contributed by atoms with Gasteiger partial charge in [0.2, 0.25) is 0 Å². The molecule has 2 heteroatoms. The third-order valence-corrected chi connectivity index (χ3v) is 3.16. The molecule has 19 heavy (non-hydrogen) atoms. The number of hydrogen-bond donors (Lipinski definition) is 0. The number of ether oxygens (including phenoxy) is 2. The SMILES string of the molecule is CCOc1ccc2ccccc2c1C1=[C]OC=CC1. The molecule has 0 saturated heterocycles. The summed E-state index contributed by atoms with van der Waals surface area (Å²) >= 11 is 0. The highest BCUT2D eigenvalue weighted by Crippen LogP contribution is 2.36. The van der Waals surface area contributed by atoms with Crippen molar-refractivity contribution in [2.24, 2.45) is 0 Å². The van der Waals surface area contributed by atoms with E-state index in [4.69, 9.17) is 9.47 Å². The van der Waals surface area contributed by atoms with Crippen molar-refractivity contribution in [2.75, 3.05) is 6.61 Å². The molecule has 0 saturated carbocycles. The van der Waals surface area contributed by atoms with Crippen molar-refractivity contribution >= 4 is 16.3 Å². The van der Waals surface area contributed by atoms with Gasteiger partial charge in [-0.15, -0.1) is 0 Å². The highest BCUT2D eigenvalue weighted by atomic mass is 16.5. The van der Waals surface area contributed by atoms with Crippen LogP contribution in [0.1, 0.15) is 18.9 Å². The van der Waals surface area contributed by atoms with E-state index < -0.39 is 0 Å². The highest BCUT2D eigenvalue weighted by molar-refractivity contribution is 5.96. The van der Waals surface area contributed by atoms with E-state index in [0.717, 1.165) is 23.3 Å². The Morgan fingerprint density at radius 3 is 2.89 bits per heavy atom. The Morgan fingerprint density at radius 1 is 1.21 bits per heavy atom. The van der Waals surface area contributed by atoms with E-state index in [-0.39, 0.29) is 0 Å². The Morgan fingerprint density at radius 2 is 2.11 bits per heavy atom. The first-order valence-electron chi connectivity index (χ1n) is 6.47. The van der Waals surface area contributed by atoms with E-state index in [2.05, 4.69) is 24.5 Å². The summed E-state index contributed by atoms with van der Waals surface area (Å²) in [4.78, 5) is 0. The van der Waals surface area contributed by atoms with E-state index in [1.165, 1.54) is 10.8 Å². The molecule has 2 aromatic rings. The summed E-state index contributed by atoms with van der Waals surface area (Å²) in [5, 5.41) is 2.37. The summed E-state index contributed by atoms with van der Waals surface area (Å²) in [6, 6.07) is 12.4. The predicted molar refractivity (Wildman–Crippen MR) is 76.6 cm³/mol. The smallest absolute Gasteiger partial charge is 0.173 e. The van der Waals surface area contributed by atoms with Gasteiger partial charge in [0.1, 0.15) is 5.75 Å². The Hall–Kier alpha value is -2.22. The van der Waals surface area contributed by atoms with Crippen LogP contribution in [-0.4, -0.2) is 6.61 Å². The molecule has 2 nitrogen and oxygen atoms in total. The number of fused-ring (bicyclic) bond motifs is 1. The molecule has 0 aromatic heterocycles. The van der Waals surface area contributed by atoms with Gasteiger partial charge in [-0.05, 0) is 36.3 Å². The average molecular weight is 251 g/mol. The van der Waals surface area contributed by atoms with Crippen LogP contribution in [0.5, 0.6) is 5.75 Å². The van der Waals surface area contributed by atoms with Gasteiger partial charge in [-0.1, -0.05) is 30.3 Å². The number of allylic oxidation sites excluding steroid dienone is 2. The van der Waals surface area contributed by atoms with Crippen molar-refractivity contribution in [3.8, 4) is 5.75 Å². The molecule has 95 valence electrons. The van der Waals surface area contributed by atoms with Gasteiger partial charge in [0, 0.05) is 11.1 Å². The van der Waals surface area contributed by atoms with Crippen LogP contribution < -0.4 is 4.74 Å². The van der Waals surface area contributed by atoms with Crippen LogP contribution in [0.3, 0.4) is 0 Å². The average Bonchev–Trinajstić information content (AvgIpc) is 2.48. The van der Waals surface area contributed by atoms with Crippen LogP contribution in [0.15, 0.2) is 48.7 Å². The maximum Gasteiger partial charge on any atom is 0.173 e. The molecule has 0 amide bonds. The fraction of sp³-hybridized carbons (Fsp3) is 0.176. The van der Waals surface area contributed by atoms with E-state index >= 15 is 0 Å². The first kappa shape index (κ1) is 11.8. The lowest BCUT2D eigenvalue weighted by Gasteiger charge is -2.16. The van der Waals surface area contributed by atoms with Crippen LogP contribution in [0.2, 0.25) is 0 Å². The third-order valence-electron chi connectivity index (χ3n) is 3.16. The van der Waals surface area contributed by atoms with Crippen LogP contribution >= 0.6 is 0 Å². The van der Waals surface area contributed by atoms with Crippen molar-refractivity contribution in [1.82, 2.24) is 0 Å². The lowest BCUT2D eigenvalue weighted by molar-refractivity contribution is 0.338. The zero-order valence-corrected chi connectivity index (χ0v) is 10.8. The standard InChI is InChI=1S/C17H15O2/c1-2-19-16-10-9-13-6-3-4-8-15(13)17(16)14-7-5-11-18-12-14/h3-6,8-11H,2,7H2,1H3. The summed E-state index contributed by atoms with van der Waals surface area (Å²) in [7, 11) is 0. The van der Waals surface area contributed by atoms with Crippen molar-refractivity contribution in [3.05, 3.63) is 60.6 Å². The first-order chi connectivity index (χ1) is 9.40. The Kier molecular flexibility index (Phi) is 3.23. The van der Waals surface area contributed by atoms with E-state index in [9.17, 15) is 0 Å². The molecular formula is C17H15O2. The molecule has 1 heterocycles. The van der Waals surface area contributed by atoms with Crippen LogP contribution in [-0.2, 0) is 4.74 Å². The van der Waals surface area contributed by atoms with Gasteiger partial charge in [-0.25, -0.2) is 0 Å². The second kappa shape index (κ2) is 5.19. The maximum absolute atomic E-state index is 5.76. The lowest BCUT2D eigenvalue weighted by Crippen LogP contribution is -1.99. The Bertz CT molecular complexity index is 653. The van der Waals surface area contributed by atoms with E-state index in [1.54, 1.807) is 6.26 Å². The zero-order valence-electron chi connectivity index (χ0n) is 10.8. The Balaban J connectivity index is 2.22. The minimum atomic E-state index is 0.648. The topological polar surface area (TPSA) is 18.5 Å². The number of hydrogen-bond acceptors (Lipinski definition) is 2. The normalized spacial score (nSPS) is 14.1. The van der Waals surface area contributed by atoms with Gasteiger partial charge >= 0.3 is 0 Å². The third kappa shape index (κ3) is 2.22. The van der Waals surface area contributed by atoms with Crippen molar-refractivity contribution in [1.29, 1.82) is 0 Å². The molecule has 0 bridgehead atoms. The van der Waals surface area contributed by atoms with Crippen molar-refractivity contribution in [3.63, 3.8) is 0 Å². The largest absolute Gasteiger partial charge is 0.493 e. The molecule has 2 aromatic carbocycles. The Labute approximate surface area is 113 Å². The van der Waals surface area contributed by atoms with E-state index in [1.807, 2.05) is 31.2 Å². The zero-order chi connectivity index (χ0) is 13.1. The van der Waals surface area contributed by atoms with Crippen LogP contribution in [0.25, 0.3) is 16.3 Å². The fourth-order valence-electron chi connectivity index (χ4n) is 2.35. The van der Waals surface area contributed by atoms with Gasteiger partial charge in [0.25, 0.3) is 0 Å². The maximum atomic E-state index is 5.76. The summed E-state index contributed by atoms with van der Waals surface area (Å²) in [5.74, 6) is 0.891. The molecular weight excluding hydrogens is 236 g/mol. The molecule has 0 N–H and O–H groups in total. The molecule has 0 spiro atoms. The predicted octanol–water partition coefficient (Wildman–Crippen LogP) is 4.32. The molecule has 0 fully saturated rings. The molecule has 0 aliphatic carbocycles. The quantitative estimate of drug-likeness (QED) is 0.809. The van der Waals surface area contributed by atoms with Crippen LogP contribution in [0.4, 0.5) is 0 Å². The molecule has 0 atom stereocenters. The summed E-state index contributed by atoms with van der Waals surface area (Å²) in [6.45, 7) is 2.64. The minimum absolute atomic E-state index is 0.648. The number of benzene rings is 2. The molecule has 0 unspecified atom stereocenters. The van der Waals surface area contributed by atoms with Gasteiger partial charge in [0.15, 0.2) is 6.26 Å². The first-order valence-corrected chi connectivity index (χ1v) is 6.47. The van der Waals surface area contributed by atoms with Gasteiger partial charge in [-0.3, -0.25) is 0 Å². The van der Waals surface area contributed by atoms with Crippen molar-refractivity contribution in [2.45, 2.75) is 13.3 Å². The lowest BCUT2D eigenvalue weighted by atomic mass is 9.95. The summed E-state index contributed by atoms with van der Waals surface area (Å²) in [5.41, 5.74) is 2.12. The number of rotatable bonds is 3. The second-order valence-electron chi connectivity index (χ2n) is 4.37. The molecule has 1 aliphatic heterocycles. The second-order valence-corrected chi connectivity index (χ2v) is 4.37. The van der Waals surface area contributed by atoms with Gasteiger partial charge in [0.05, 0.1) is 12.9 Å². The summed E-state index contributed by atoms with van der Waals surface area (Å²) < 4.78 is 11.0. The monoisotopic (exact) mass is 251 g/mol. The highest BCUT2D eigenvalue weighted by Gasteiger charge is 2.14.